The van der Waals surface area contributed by atoms with Gasteiger partial charge >= 0.3 is 0 Å². The number of carbonyl (C=O) groups excluding carboxylic acids is 2. The van der Waals surface area contributed by atoms with Crippen LogP contribution in [0.3, 0.4) is 0 Å². The number of Topliss-reactive ketones (excluding diaryl/α,β-unsaturated/α-hetero) is 2. The highest BCUT2D eigenvalue weighted by atomic mass is 16.5. The zero-order valence-electron chi connectivity index (χ0n) is 11.1. The second kappa shape index (κ2) is 4.30. The highest BCUT2D eigenvalue weighted by Gasteiger charge is 2.50. The van der Waals surface area contributed by atoms with Crippen LogP contribution in [-0.2, 0) is 14.3 Å². The van der Waals surface area contributed by atoms with Gasteiger partial charge < -0.3 is 4.74 Å². The lowest BCUT2D eigenvalue weighted by atomic mass is 9.64. The Morgan fingerprint density at radius 2 is 2.17 bits per heavy atom. The molecule has 3 heteroatoms. The molecule has 4 aliphatic rings. The average molecular weight is 248 g/mol. The molecule has 4 rings (SSSR count). The molecule has 0 N–H and O–H groups in total. The number of ether oxygens (including phenoxy) is 1. The Morgan fingerprint density at radius 3 is 2.89 bits per heavy atom. The van der Waals surface area contributed by atoms with Crippen LogP contribution in [0.1, 0.15) is 46.0 Å². The molecule has 0 unspecified atom stereocenters. The van der Waals surface area contributed by atoms with Gasteiger partial charge in [-0.2, -0.15) is 0 Å². The second-order valence-electron chi connectivity index (χ2n) is 5.75. The quantitative estimate of drug-likeness (QED) is 0.754. The number of rotatable bonds is 2. The third kappa shape index (κ3) is 1.60. The average Bonchev–Trinajstić information content (AvgIpc) is 2.38. The lowest BCUT2D eigenvalue weighted by Gasteiger charge is -2.49. The fourth-order valence-electron chi connectivity index (χ4n) is 3.88. The molecule has 2 aliphatic heterocycles. The molecule has 0 aromatic carbocycles. The van der Waals surface area contributed by atoms with Crippen molar-refractivity contribution in [2.75, 3.05) is 0 Å². The van der Waals surface area contributed by atoms with Gasteiger partial charge in [0.2, 0.25) is 0 Å². The molecule has 4 atom stereocenters. The van der Waals surface area contributed by atoms with Crippen LogP contribution in [0.2, 0.25) is 0 Å². The van der Waals surface area contributed by atoms with Gasteiger partial charge in [-0.1, -0.05) is 6.92 Å². The number of hydrogen-bond acceptors (Lipinski definition) is 3. The highest BCUT2D eigenvalue weighted by Crippen LogP contribution is 2.48. The molecule has 0 aromatic rings. The van der Waals surface area contributed by atoms with Crippen molar-refractivity contribution in [3.63, 3.8) is 0 Å². The van der Waals surface area contributed by atoms with E-state index < -0.39 is 0 Å². The van der Waals surface area contributed by atoms with E-state index >= 15 is 0 Å². The van der Waals surface area contributed by atoms with Crippen molar-refractivity contribution < 1.29 is 14.3 Å². The van der Waals surface area contributed by atoms with Crippen LogP contribution in [0.25, 0.3) is 0 Å². The van der Waals surface area contributed by atoms with Crippen LogP contribution in [0.4, 0.5) is 0 Å². The molecule has 0 aromatic heterocycles. The normalized spacial score (nSPS) is 38.9. The zero-order valence-corrected chi connectivity index (χ0v) is 11.1. The molecule has 1 saturated heterocycles. The Bertz CT molecular complexity index is 435. The largest absolute Gasteiger partial charge is 0.370 e. The van der Waals surface area contributed by atoms with E-state index in [0.717, 1.165) is 30.4 Å². The number of hydrogen-bond donors (Lipinski definition) is 0. The van der Waals surface area contributed by atoms with Crippen LogP contribution in [0.5, 0.6) is 0 Å². The van der Waals surface area contributed by atoms with Crippen LogP contribution in [0.15, 0.2) is 11.1 Å². The number of fused-ring (bicyclic) bond motifs is 2. The minimum absolute atomic E-state index is 0.000787. The molecule has 0 radical (unpaired) electrons. The molecular formula is C15H20O3. The second-order valence-corrected chi connectivity index (χ2v) is 5.75. The first-order chi connectivity index (χ1) is 8.63. The summed E-state index contributed by atoms with van der Waals surface area (Å²) >= 11 is 0. The van der Waals surface area contributed by atoms with Gasteiger partial charge in [-0.25, -0.2) is 0 Å². The lowest BCUT2D eigenvalue weighted by Crippen LogP contribution is -2.51. The highest BCUT2D eigenvalue weighted by molar-refractivity contribution is 5.98. The maximum atomic E-state index is 12.1. The SMILES string of the molecule is CCC(=O)[C@@H]1C[C@@H]2C3=C(CCCC3=O)[C@@H]1O[C@H]2C. The van der Waals surface area contributed by atoms with Crippen molar-refractivity contribution in [3.05, 3.63) is 11.1 Å². The first kappa shape index (κ1) is 12.1. The summed E-state index contributed by atoms with van der Waals surface area (Å²) in [5.74, 6) is 0.768. The summed E-state index contributed by atoms with van der Waals surface area (Å²) < 4.78 is 6.01. The van der Waals surface area contributed by atoms with Gasteiger partial charge in [-0.05, 0) is 31.8 Å². The van der Waals surface area contributed by atoms with E-state index in [-0.39, 0.29) is 24.0 Å². The fourth-order valence-corrected chi connectivity index (χ4v) is 3.88. The van der Waals surface area contributed by atoms with Crippen LogP contribution in [-0.4, -0.2) is 23.8 Å². The van der Waals surface area contributed by atoms with Gasteiger partial charge in [0.25, 0.3) is 0 Å². The molecule has 98 valence electrons. The molecule has 2 aliphatic carbocycles. The minimum atomic E-state index is -0.100. The maximum absolute atomic E-state index is 12.1. The summed E-state index contributed by atoms with van der Waals surface area (Å²) in [4.78, 5) is 24.1. The third-order valence-corrected chi connectivity index (χ3v) is 4.77. The first-order valence-electron chi connectivity index (χ1n) is 7.07. The van der Waals surface area contributed by atoms with Crippen LogP contribution >= 0.6 is 0 Å². The van der Waals surface area contributed by atoms with Crippen LogP contribution in [0, 0.1) is 11.8 Å². The van der Waals surface area contributed by atoms with Gasteiger partial charge in [-0.15, -0.1) is 0 Å². The van der Waals surface area contributed by atoms with E-state index in [2.05, 4.69) is 0 Å². The molecule has 1 fully saturated rings. The summed E-state index contributed by atoms with van der Waals surface area (Å²) in [5, 5.41) is 0. The van der Waals surface area contributed by atoms with Crippen molar-refractivity contribution in [1.82, 2.24) is 0 Å². The topological polar surface area (TPSA) is 43.4 Å². The third-order valence-electron chi connectivity index (χ3n) is 4.77. The monoisotopic (exact) mass is 248 g/mol. The Kier molecular flexibility index (Phi) is 2.89. The van der Waals surface area contributed by atoms with Gasteiger partial charge in [0, 0.05) is 30.3 Å². The summed E-state index contributed by atoms with van der Waals surface area (Å²) in [6.07, 6.45) is 3.94. The fraction of sp³-hybridized carbons (Fsp3) is 0.733. The van der Waals surface area contributed by atoms with Crippen molar-refractivity contribution in [3.8, 4) is 0 Å². The Balaban J connectivity index is 2.01. The molecular weight excluding hydrogens is 228 g/mol. The van der Waals surface area contributed by atoms with E-state index in [4.69, 9.17) is 4.74 Å². The Morgan fingerprint density at radius 1 is 1.39 bits per heavy atom. The molecule has 0 saturated carbocycles. The lowest BCUT2D eigenvalue weighted by molar-refractivity contribution is -0.145. The van der Waals surface area contributed by atoms with E-state index in [1.54, 1.807) is 0 Å². The predicted octanol–water partition coefficient (Wildman–Crippen LogP) is 2.44. The molecule has 3 nitrogen and oxygen atoms in total. The van der Waals surface area contributed by atoms with Gasteiger partial charge in [0.15, 0.2) is 5.78 Å². The van der Waals surface area contributed by atoms with E-state index in [9.17, 15) is 9.59 Å². The van der Waals surface area contributed by atoms with Gasteiger partial charge in [0.1, 0.15) is 5.78 Å². The van der Waals surface area contributed by atoms with Crippen molar-refractivity contribution in [1.29, 1.82) is 0 Å². The standard InChI is InChI=1S/C15H20O3/c1-3-12(16)11-7-10-8(2)18-15(11)9-5-4-6-13(17)14(9)10/h8,10-11,15H,3-7H2,1-2H3/t8-,10-,11-,15-/m0/s1. The van der Waals surface area contributed by atoms with E-state index in [1.807, 2.05) is 13.8 Å². The van der Waals surface area contributed by atoms with Gasteiger partial charge in [0.05, 0.1) is 12.2 Å². The first-order valence-corrected chi connectivity index (χ1v) is 7.07. The number of ketones is 2. The minimum Gasteiger partial charge on any atom is -0.370 e. The Labute approximate surface area is 108 Å². The van der Waals surface area contributed by atoms with E-state index in [0.29, 0.717) is 24.4 Å². The Hall–Kier alpha value is -0.960. The summed E-state index contributed by atoms with van der Waals surface area (Å²) in [7, 11) is 0. The molecule has 2 heterocycles. The summed E-state index contributed by atoms with van der Waals surface area (Å²) in [5.41, 5.74) is 2.19. The number of carbonyl (C=O) groups is 2. The zero-order chi connectivity index (χ0) is 12.9. The maximum Gasteiger partial charge on any atom is 0.159 e. The molecule has 18 heavy (non-hydrogen) atoms. The molecule has 2 bridgehead atoms. The summed E-state index contributed by atoms with van der Waals surface area (Å²) in [6, 6.07) is 0. The van der Waals surface area contributed by atoms with Gasteiger partial charge in [-0.3, -0.25) is 9.59 Å². The van der Waals surface area contributed by atoms with Crippen molar-refractivity contribution >= 4 is 11.6 Å². The van der Waals surface area contributed by atoms with Crippen molar-refractivity contribution in [2.24, 2.45) is 11.8 Å². The summed E-state index contributed by atoms with van der Waals surface area (Å²) in [6.45, 7) is 3.95. The molecule has 0 amide bonds. The van der Waals surface area contributed by atoms with E-state index in [1.165, 1.54) is 0 Å². The van der Waals surface area contributed by atoms with Crippen LogP contribution < -0.4 is 0 Å². The molecule has 0 spiro atoms. The predicted molar refractivity (Wildman–Crippen MR) is 67.1 cm³/mol. The smallest absolute Gasteiger partial charge is 0.159 e. The van der Waals surface area contributed by atoms with Crippen molar-refractivity contribution in [2.45, 2.75) is 58.2 Å².